The zero-order valence-electron chi connectivity index (χ0n) is 15.5. The van der Waals surface area contributed by atoms with Crippen molar-refractivity contribution >= 4 is 11.9 Å². The number of hydrogen-bond donors (Lipinski definition) is 2. The van der Waals surface area contributed by atoms with Gasteiger partial charge in [0.25, 0.3) is 5.91 Å². The molecule has 1 aliphatic heterocycles. The predicted octanol–water partition coefficient (Wildman–Crippen LogP) is 1.98. The summed E-state index contributed by atoms with van der Waals surface area (Å²) in [6.45, 7) is 8.32. The van der Waals surface area contributed by atoms with Gasteiger partial charge >= 0.3 is 6.03 Å². The van der Waals surface area contributed by atoms with Crippen molar-refractivity contribution in [3.8, 4) is 0 Å². The molecule has 0 bridgehead atoms. The van der Waals surface area contributed by atoms with Crippen molar-refractivity contribution in [2.75, 3.05) is 13.1 Å². The number of nitrogens with zero attached hydrogens (tertiary/aromatic N) is 3. The van der Waals surface area contributed by atoms with E-state index in [-0.39, 0.29) is 17.5 Å². The van der Waals surface area contributed by atoms with Gasteiger partial charge in [0.15, 0.2) is 0 Å². The van der Waals surface area contributed by atoms with Gasteiger partial charge in [-0.25, -0.2) is 4.79 Å². The zero-order chi connectivity index (χ0) is 18.1. The number of nitrogens with one attached hydrogen (secondary N) is 2. The number of carbonyl (C=O) groups is 2. The van der Waals surface area contributed by atoms with Crippen LogP contribution in [0.15, 0.2) is 12.4 Å². The van der Waals surface area contributed by atoms with Crippen LogP contribution in [0.4, 0.5) is 4.79 Å². The SMILES string of the molecule is CC(C)(C)n1cc(CNCCCN2C(=O)NC3(CCCC3)C2=O)cn1. The highest BCUT2D eigenvalue weighted by Gasteiger charge is 2.51. The molecule has 2 aliphatic rings. The van der Waals surface area contributed by atoms with Crippen molar-refractivity contribution in [2.45, 2.75) is 70.5 Å². The maximum Gasteiger partial charge on any atom is 0.325 e. The van der Waals surface area contributed by atoms with Crippen molar-refractivity contribution in [3.05, 3.63) is 18.0 Å². The molecule has 7 nitrogen and oxygen atoms in total. The topological polar surface area (TPSA) is 79.3 Å². The molecule has 2 heterocycles. The number of hydrogen-bond acceptors (Lipinski definition) is 4. The molecule has 0 aromatic carbocycles. The van der Waals surface area contributed by atoms with E-state index in [4.69, 9.17) is 0 Å². The maximum atomic E-state index is 12.5. The van der Waals surface area contributed by atoms with Crippen LogP contribution < -0.4 is 10.6 Å². The Morgan fingerprint density at radius 3 is 2.64 bits per heavy atom. The molecule has 1 aromatic heterocycles. The highest BCUT2D eigenvalue weighted by atomic mass is 16.2. The molecule has 1 aromatic rings. The number of aromatic nitrogens is 2. The second kappa shape index (κ2) is 6.78. The van der Waals surface area contributed by atoms with E-state index in [2.05, 4.69) is 36.5 Å². The molecule has 2 fully saturated rings. The smallest absolute Gasteiger partial charge is 0.323 e. The summed E-state index contributed by atoms with van der Waals surface area (Å²) in [5.74, 6) is -0.0264. The van der Waals surface area contributed by atoms with Gasteiger partial charge in [-0.15, -0.1) is 0 Å². The summed E-state index contributed by atoms with van der Waals surface area (Å²) in [6.07, 6.45) is 8.28. The van der Waals surface area contributed by atoms with E-state index in [1.165, 1.54) is 4.90 Å². The molecule has 1 aliphatic carbocycles. The molecule has 2 N–H and O–H groups in total. The van der Waals surface area contributed by atoms with Crippen LogP contribution in [-0.4, -0.2) is 45.2 Å². The van der Waals surface area contributed by atoms with Crippen LogP contribution in [0.25, 0.3) is 0 Å². The van der Waals surface area contributed by atoms with Crippen molar-refractivity contribution in [3.63, 3.8) is 0 Å². The number of amides is 3. The Kier molecular flexibility index (Phi) is 4.86. The lowest BCUT2D eigenvalue weighted by atomic mass is 9.98. The molecule has 7 heteroatoms. The summed E-state index contributed by atoms with van der Waals surface area (Å²) in [4.78, 5) is 26.0. The number of imide groups is 1. The molecule has 3 rings (SSSR count). The van der Waals surface area contributed by atoms with E-state index in [0.717, 1.165) is 50.8 Å². The van der Waals surface area contributed by atoms with E-state index in [1.54, 1.807) is 0 Å². The van der Waals surface area contributed by atoms with Crippen LogP contribution >= 0.6 is 0 Å². The van der Waals surface area contributed by atoms with Crippen LogP contribution in [0.2, 0.25) is 0 Å². The molecule has 0 radical (unpaired) electrons. The van der Waals surface area contributed by atoms with E-state index >= 15 is 0 Å². The third kappa shape index (κ3) is 3.71. The van der Waals surface area contributed by atoms with Crippen molar-refractivity contribution in [1.82, 2.24) is 25.3 Å². The van der Waals surface area contributed by atoms with Gasteiger partial charge < -0.3 is 10.6 Å². The maximum absolute atomic E-state index is 12.5. The van der Waals surface area contributed by atoms with Gasteiger partial charge in [0.2, 0.25) is 0 Å². The highest BCUT2D eigenvalue weighted by molar-refractivity contribution is 6.07. The summed E-state index contributed by atoms with van der Waals surface area (Å²) >= 11 is 0. The number of urea groups is 1. The van der Waals surface area contributed by atoms with Crippen molar-refractivity contribution < 1.29 is 9.59 Å². The normalized spacial score (nSPS) is 19.9. The van der Waals surface area contributed by atoms with Gasteiger partial charge in [-0.05, 0) is 46.6 Å². The van der Waals surface area contributed by atoms with Gasteiger partial charge in [-0.2, -0.15) is 5.10 Å². The van der Waals surface area contributed by atoms with Gasteiger partial charge in [0, 0.05) is 24.8 Å². The van der Waals surface area contributed by atoms with Crippen LogP contribution in [-0.2, 0) is 16.9 Å². The Morgan fingerprint density at radius 1 is 1.28 bits per heavy atom. The molecule has 1 saturated carbocycles. The Labute approximate surface area is 149 Å². The average molecular weight is 347 g/mol. The Hall–Kier alpha value is -1.89. The van der Waals surface area contributed by atoms with E-state index in [0.29, 0.717) is 6.54 Å². The van der Waals surface area contributed by atoms with Crippen LogP contribution in [0.3, 0.4) is 0 Å². The van der Waals surface area contributed by atoms with E-state index in [9.17, 15) is 9.59 Å². The minimum Gasteiger partial charge on any atom is -0.323 e. The molecule has 3 amide bonds. The monoisotopic (exact) mass is 347 g/mol. The first-order valence-electron chi connectivity index (χ1n) is 9.21. The molecule has 0 atom stereocenters. The van der Waals surface area contributed by atoms with Crippen molar-refractivity contribution in [1.29, 1.82) is 0 Å². The first-order valence-corrected chi connectivity index (χ1v) is 9.21. The zero-order valence-corrected chi connectivity index (χ0v) is 15.5. The Morgan fingerprint density at radius 2 is 2.00 bits per heavy atom. The van der Waals surface area contributed by atoms with Gasteiger partial charge in [-0.1, -0.05) is 12.8 Å². The third-order valence-electron chi connectivity index (χ3n) is 5.09. The predicted molar refractivity (Wildman–Crippen MR) is 95.0 cm³/mol. The Balaban J connectivity index is 1.41. The molecule has 138 valence electrons. The van der Waals surface area contributed by atoms with Crippen LogP contribution in [0, 0.1) is 0 Å². The Bertz CT molecular complexity index is 640. The number of carbonyl (C=O) groups excluding carboxylic acids is 2. The lowest BCUT2D eigenvalue weighted by Gasteiger charge is -2.20. The summed E-state index contributed by atoms with van der Waals surface area (Å²) in [5.41, 5.74) is 0.527. The molecule has 1 saturated heterocycles. The fourth-order valence-electron chi connectivity index (χ4n) is 3.61. The number of rotatable bonds is 6. The van der Waals surface area contributed by atoms with Crippen LogP contribution in [0.5, 0.6) is 0 Å². The van der Waals surface area contributed by atoms with Crippen molar-refractivity contribution in [2.24, 2.45) is 0 Å². The largest absolute Gasteiger partial charge is 0.325 e. The minimum atomic E-state index is -0.591. The first kappa shape index (κ1) is 17.9. The van der Waals surface area contributed by atoms with Gasteiger partial charge in [-0.3, -0.25) is 14.4 Å². The summed E-state index contributed by atoms with van der Waals surface area (Å²) in [5, 5.41) is 10.7. The van der Waals surface area contributed by atoms with Crippen LogP contribution in [0.1, 0.15) is 58.4 Å². The quantitative estimate of drug-likeness (QED) is 0.609. The molecule has 25 heavy (non-hydrogen) atoms. The average Bonchev–Trinajstić information content (AvgIpc) is 3.23. The highest BCUT2D eigenvalue weighted by Crippen LogP contribution is 2.34. The van der Waals surface area contributed by atoms with E-state index in [1.807, 2.05) is 17.1 Å². The molecular formula is C18H29N5O2. The second-order valence-electron chi connectivity index (χ2n) is 8.17. The van der Waals surface area contributed by atoms with E-state index < -0.39 is 5.54 Å². The fourth-order valence-corrected chi connectivity index (χ4v) is 3.61. The molecule has 1 spiro atoms. The second-order valence-corrected chi connectivity index (χ2v) is 8.17. The fraction of sp³-hybridized carbons (Fsp3) is 0.722. The lowest BCUT2D eigenvalue weighted by molar-refractivity contribution is -0.131. The summed E-state index contributed by atoms with van der Waals surface area (Å²) in [6, 6.07) is -0.224. The third-order valence-corrected chi connectivity index (χ3v) is 5.09. The molecule has 0 unspecified atom stereocenters. The van der Waals surface area contributed by atoms with Gasteiger partial charge in [0.05, 0.1) is 11.7 Å². The first-order chi connectivity index (χ1) is 11.8. The molecular weight excluding hydrogens is 318 g/mol. The standard InChI is InChI=1S/C18H29N5O2/c1-17(2,3)23-13-14(12-20-23)11-19-9-6-10-22-15(24)18(21-16(22)25)7-4-5-8-18/h12-13,19H,4-11H2,1-3H3,(H,21,25). The van der Waals surface area contributed by atoms with Gasteiger partial charge in [0.1, 0.15) is 5.54 Å². The summed E-state index contributed by atoms with van der Waals surface area (Å²) in [7, 11) is 0. The minimum absolute atomic E-state index is 0.0159. The lowest BCUT2D eigenvalue weighted by Crippen LogP contribution is -2.44. The summed E-state index contributed by atoms with van der Waals surface area (Å²) < 4.78 is 1.96.